The van der Waals surface area contributed by atoms with Crippen LogP contribution < -0.4 is 27.4 Å². The number of hydrogen-bond donors (Lipinski definition) is 6. The van der Waals surface area contributed by atoms with Crippen LogP contribution in [0.15, 0.2) is 0 Å². The molecule has 0 rings (SSSR count). The highest BCUT2D eigenvalue weighted by Crippen LogP contribution is 2.08. The van der Waals surface area contributed by atoms with Gasteiger partial charge in [0.1, 0.15) is 18.1 Å². The molecule has 0 aliphatic rings. The average molecular weight is 448 g/mol. The van der Waals surface area contributed by atoms with Crippen LogP contribution in [-0.2, 0) is 24.0 Å². The molecule has 0 heterocycles. The minimum absolute atomic E-state index is 0.265. The molecule has 0 saturated heterocycles. The van der Waals surface area contributed by atoms with Crippen molar-refractivity contribution in [3.05, 3.63) is 0 Å². The van der Waals surface area contributed by atoms with Crippen molar-refractivity contribution < 1.29 is 29.1 Å². The quantitative estimate of drug-likeness (QED) is 0.186. The van der Waals surface area contributed by atoms with Gasteiger partial charge in [0.25, 0.3) is 0 Å². The summed E-state index contributed by atoms with van der Waals surface area (Å²) in [4.78, 5) is 59.4. The van der Waals surface area contributed by atoms with Crippen LogP contribution in [-0.4, -0.2) is 70.9 Å². The highest BCUT2D eigenvalue weighted by molar-refractivity contribution is 7.98. The standard InChI is InChI=1S/C18H33N5O6S/c1-5-9(2)14(18(28)29)23-15(25)10(3)21-17(27)12(6-7-30-4)22-16(26)11(19)8-13(20)24/h9-12,14H,5-8,19H2,1-4H3,(H2,20,24)(H,21,27)(H,22,26)(H,23,25)(H,28,29). The Hall–Kier alpha value is -2.34. The molecule has 172 valence electrons. The zero-order valence-electron chi connectivity index (χ0n) is 17.8. The first-order valence-electron chi connectivity index (χ1n) is 9.61. The Morgan fingerprint density at radius 1 is 1.00 bits per heavy atom. The first-order valence-corrected chi connectivity index (χ1v) is 11.0. The Labute approximate surface area is 180 Å². The van der Waals surface area contributed by atoms with Crippen LogP contribution in [0.1, 0.15) is 40.0 Å². The number of nitrogens with one attached hydrogen (secondary N) is 3. The van der Waals surface area contributed by atoms with E-state index < -0.39 is 53.8 Å². The molecule has 12 heteroatoms. The predicted molar refractivity (Wildman–Crippen MR) is 113 cm³/mol. The smallest absolute Gasteiger partial charge is 0.326 e. The number of hydrogen-bond acceptors (Lipinski definition) is 7. The lowest BCUT2D eigenvalue weighted by molar-refractivity contribution is -0.143. The number of rotatable bonds is 14. The number of thioether (sulfide) groups is 1. The lowest BCUT2D eigenvalue weighted by Crippen LogP contribution is -2.57. The normalized spacial score (nSPS) is 15.8. The van der Waals surface area contributed by atoms with E-state index in [-0.39, 0.29) is 18.8 Å². The van der Waals surface area contributed by atoms with E-state index in [1.54, 1.807) is 13.8 Å². The number of aliphatic carboxylic acids is 1. The molecule has 0 saturated carbocycles. The van der Waals surface area contributed by atoms with E-state index in [9.17, 15) is 29.1 Å². The van der Waals surface area contributed by atoms with Crippen LogP contribution in [0.3, 0.4) is 0 Å². The second-order valence-corrected chi connectivity index (χ2v) is 8.05. The maximum absolute atomic E-state index is 12.6. The minimum Gasteiger partial charge on any atom is -0.480 e. The maximum Gasteiger partial charge on any atom is 0.326 e. The van der Waals surface area contributed by atoms with Gasteiger partial charge in [0.05, 0.1) is 12.5 Å². The summed E-state index contributed by atoms with van der Waals surface area (Å²) in [5, 5.41) is 16.6. The Morgan fingerprint density at radius 3 is 2.07 bits per heavy atom. The zero-order chi connectivity index (χ0) is 23.4. The van der Waals surface area contributed by atoms with Crippen molar-refractivity contribution in [2.24, 2.45) is 17.4 Å². The van der Waals surface area contributed by atoms with Crippen LogP contribution in [0, 0.1) is 5.92 Å². The van der Waals surface area contributed by atoms with Crippen molar-refractivity contribution in [3.63, 3.8) is 0 Å². The molecule has 0 spiro atoms. The molecule has 0 aromatic rings. The molecule has 0 aromatic carbocycles. The highest BCUT2D eigenvalue weighted by atomic mass is 32.2. The fourth-order valence-corrected chi connectivity index (χ4v) is 2.91. The number of carbonyl (C=O) groups is 5. The van der Waals surface area contributed by atoms with Gasteiger partial charge in [0.15, 0.2) is 0 Å². The summed E-state index contributed by atoms with van der Waals surface area (Å²) in [6.07, 6.45) is 2.27. The molecule has 0 aromatic heterocycles. The average Bonchev–Trinajstić information content (AvgIpc) is 2.67. The molecule has 30 heavy (non-hydrogen) atoms. The number of primary amides is 1. The topological polar surface area (TPSA) is 194 Å². The zero-order valence-corrected chi connectivity index (χ0v) is 18.6. The van der Waals surface area contributed by atoms with Crippen molar-refractivity contribution in [2.45, 2.75) is 64.2 Å². The molecule has 5 atom stereocenters. The molecule has 0 aliphatic heterocycles. The Kier molecular flexibility index (Phi) is 12.7. The van der Waals surface area contributed by atoms with Crippen molar-refractivity contribution >= 4 is 41.4 Å². The van der Waals surface area contributed by atoms with E-state index in [2.05, 4.69) is 16.0 Å². The molecule has 0 aliphatic carbocycles. The number of carboxylic acid groups (broad SMARTS) is 1. The third-order valence-corrected chi connectivity index (χ3v) is 5.17. The predicted octanol–water partition coefficient (Wildman–Crippen LogP) is -1.45. The van der Waals surface area contributed by atoms with Gasteiger partial charge in [-0.05, 0) is 31.3 Å². The minimum atomic E-state index is -1.19. The first kappa shape index (κ1) is 27.7. The maximum atomic E-state index is 12.6. The third-order valence-electron chi connectivity index (χ3n) is 4.53. The summed E-state index contributed by atoms with van der Waals surface area (Å²) in [6, 6.07) is -4.29. The molecule has 0 bridgehead atoms. The van der Waals surface area contributed by atoms with Gasteiger partial charge in [0, 0.05) is 0 Å². The molecule has 8 N–H and O–H groups in total. The van der Waals surface area contributed by atoms with Crippen LogP contribution in [0.5, 0.6) is 0 Å². The molecule has 5 unspecified atom stereocenters. The van der Waals surface area contributed by atoms with Gasteiger partial charge in [-0.1, -0.05) is 20.3 Å². The van der Waals surface area contributed by atoms with Crippen LogP contribution >= 0.6 is 11.8 Å². The van der Waals surface area contributed by atoms with Gasteiger partial charge in [-0.15, -0.1) is 0 Å². The SMILES string of the molecule is CCC(C)C(NC(=O)C(C)NC(=O)C(CCSC)NC(=O)C(N)CC(N)=O)C(=O)O. The summed E-state index contributed by atoms with van der Waals surface area (Å²) in [7, 11) is 0. The fraction of sp³-hybridized carbons (Fsp3) is 0.722. The second-order valence-electron chi connectivity index (χ2n) is 7.06. The van der Waals surface area contributed by atoms with Gasteiger partial charge >= 0.3 is 5.97 Å². The van der Waals surface area contributed by atoms with E-state index in [4.69, 9.17) is 11.5 Å². The monoisotopic (exact) mass is 447 g/mol. The van der Waals surface area contributed by atoms with Gasteiger partial charge in [0.2, 0.25) is 23.6 Å². The van der Waals surface area contributed by atoms with E-state index >= 15 is 0 Å². The van der Waals surface area contributed by atoms with Crippen LogP contribution in [0.25, 0.3) is 0 Å². The summed E-state index contributed by atoms with van der Waals surface area (Å²) in [6.45, 7) is 4.92. The summed E-state index contributed by atoms with van der Waals surface area (Å²) < 4.78 is 0. The lowest BCUT2D eigenvalue weighted by atomic mass is 9.99. The largest absolute Gasteiger partial charge is 0.480 e. The van der Waals surface area contributed by atoms with E-state index in [0.29, 0.717) is 12.2 Å². The number of amides is 4. The van der Waals surface area contributed by atoms with Crippen molar-refractivity contribution in [3.8, 4) is 0 Å². The Balaban J connectivity index is 5.07. The van der Waals surface area contributed by atoms with E-state index in [1.165, 1.54) is 18.7 Å². The van der Waals surface area contributed by atoms with Gasteiger partial charge in [-0.3, -0.25) is 19.2 Å². The molecular weight excluding hydrogens is 414 g/mol. The second kappa shape index (κ2) is 13.8. The van der Waals surface area contributed by atoms with E-state index in [1.807, 2.05) is 6.26 Å². The van der Waals surface area contributed by atoms with Gasteiger partial charge in [-0.2, -0.15) is 11.8 Å². The van der Waals surface area contributed by atoms with Crippen molar-refractivity contribution in [2.75, 3.05) is 12.0 Å². The molecule has 0 fully saturated rings. The Morgan fingerprint density at radius 2 is 1.60 bits per heavy atom. The fourth-order valence-electron chi connectivity index (χ4n) is 2.43. The van der Waals surface area contributed by atoms with Crippen molar-refractivity contribution in [1.29, 1.82) is 0 Å². The number of carbonyl (C=O) groups excluding carboxylic acids is 4. The van der Waals surface area contributed by atoms with Crippen molar-refractivity contribution in [1.82, 2.24) is 16.0 Å². The third kappa shape index (κ3) is 9.92. The summed E-state index contributed by atoms with van der Waals surface area (Å²) >= 11 is 1.45. The highest BCUT2D eigenvalue weighted by Gasteiger charge is 2.30. The summed E-state index contributed by atoms with van der Waals surface area (Å²) in [5.41, 5.74) is 10.6. The molecule has 0 radical (unpaired) electrons. The Bertz CT molecular complexity index is 632. The summed E-state index contributed by atoms with van der Waals surface area (Å²) in [5.74, 6) is -3.66. The first-order chi connectivity index (χ1) is 13.9. The molecule has 4 amide bonds. The van der Waals surface area contributed by atoms with Crippen LogP contribution in [0.2, 0.25) is 0 Å². The van der Waals surface area contributed by atoms with Crippen LogP contribution in [0.4, 0.5) is 0 Å². The molecular formula is C18H33N5O6S. The number of carboxylic acids is 1. The van der Waals surface area contributed by atoms with E-state index in [0.717, 1.165) is 0 Å². The van der Waals surface area contributed by atoms with Gasteiger partial charge in [-0.25, -0.2) is 4.79 Å². The van der Waals surface area contributed by atoms with Gasteiger partial charge < -0.3 is 32.5 Å². The number of nitrogens with two attached hydrogens (primary N) is 2. The molecule has 11 nitrogen and oxygen atoms in total. The lowest BCUT2D eigenvalue weighted by Gasteiger charge is -2.24.